The number of hydrogen-bond donors (Lipinski definition) is 0. The minimum Gasteiger partial charge on any atom is -0.465 e. The Morgan fingerprint density at radius 2 is 1.52 bits per heavy atom. The highest BCUT2D eigenvalue weighted by molar-refractivity contribution is 6.53. The van der Waals surface area contributed by atoms with E-state index in [1.807, 2.05) is 27.7 Å². The van der Waals surface area contributed by atoms with Gasteiger partial charge in [-0.1, -0.05) is 6.08 Å². The molecule has 25 heavy (non-hydrogen) atoms. The van der Waals surface area contributed by atoms with Crippen molar-refractivity contribution in [2.45, 2.75) is 59.2 Å². The number of ether oxygens (including phenoxy) is 2. The van der Waals surface area contributed by atoms with E-state index in [4.69, 9.17) is 18.8 Å². The molecular weight excluding hydrogens is 330 g/mol. The van der Waals surface area contributed by atoms with Crippen LogP contribution in [-0.2, 0) is 28.4 Å². The Bertz CT molecular complexity index is 552. The molecule has 0 amide bonds. The van der Waals surface area contributed by atoms with Crippen LogP contribution in [0, 0.1) is 11.3 Å². The lowest BCUT2D eigenvalue weighted by molar-refractivity contribution is -0.164. The van der Waals surface area contributed by atoms with Gasteiger partial charge >= 0.3 is 19.1 Å². The summed E-state index contributed by atoms with van der Waals surface area (Å²) < 4.78 is 35.9. The first kappa shape index (κ1) is 19.9. The third kappa shape index (κ3) is 3.46. The van der Waals surface area contributed by atoms with Gasteiger partial charge in [-0.3, -0.25) is 9.59 Å². The van der Waals surface area contributed by atoms with E-state index in [2.05, 4.69) is 0 Å². The summed E-state index contributed by atoms with van der Waals surface area (Å²) in [5, 5.41) is 0. The molecule has 0 radical (unpaired) electrons. The summed E-state index contributed by atoms with van der Waals surface area (Å²) in [5.74, 6) is -2.00. The standard InChI is InChI=1S/C17H26BFO6/c1-7-22-13(20)17(14(21)23-8-2)10-11(17)9-12(19)18-24-15(3,4)16(5,6)25-18/h9,11H,7-8,10H2,1-6H3. The van der Waals surface area contributed by atoms with Crippen LogP contribution in [0.2, 0.25) is 0 Å². The molecule has 1 saturated heterocycles. The predicted molar refractivity (Wildman–Crippen MR) is 89.1 cm³/mol. The molecule has 0 spiro atoms. The highest BCUT2D eigenvalue weighted by Crippen LogP contribution is 2.56. The monoisotopic (exact) mass is 356 g/mol. The lowest BCUT2D eigenvalue weighted by Gasteiger charge is -2.32. The van der Waals surface area contributed by atoms with Crippen LogP contribution in [0.5, 0.6) is 0 Å². The van der Waals surface area contributed by atoms with Crippen molar-refractivity contribution in [3.8, 4) is 0 Å². The molecule has 1 heterocycles. The van der Waals surface area contributed by atoms with Crippen LogP contribution in [0.3, 0.4) is 0 Å². The Hall–Kier alpha value is -1.41. The van der Waals surface area contributed by atoms with Crippen LogP contribution in [0.1, 0.15) is 48.0 Å². The van der Waals surface area contributed by atoms with Gasteiger partial charge in [-0.05, 0) is 48.0 Å². The van der Waals surface area contributed by atoms with Gasteiger partial charge in [0.05, 0.1) is 24.4 Å². The second kappa shape index (κ2) is 6.72. The van der Waals surface area contributed by atoms with Gasteiger partial charge in [0.2, 0.25) is 0 Å². The van der Waals surface area contributed by atoms with Gasteiger partial charge in [0.15, 0.2) is 5.41 Å². The number of allylic oxidation sites excluding steroid dienone is 1. The van der Waals surface area contributed by atoms with Gasteiger partial charge in [-0.25, -0.2) is 4.39 Å². The minimum absolute atomic E-state index is 0.135. The van der Waals surface area contributed by atoms with Crippen molar-refractivity contribution in [3.63, 3.8) is 0 Å². The number of carbonyl (C=O) groups is 2. The van der Waals surface area contributed by atoms with Crippen LogP contribution in [0.15, 0.2) is 11.8 Å². The molecule has 1 atom stereocenters. The first-order chi connectivity index (χ1) is 11.5. The van der Waals surface area contributed by atoms with E-state index in [0.29, 0.717) is 0 Å². The normalized spacial score (nSPS) is 26.3. The van der Waals surface area contributed by atoms with E-state index in [0.717, 1.165) is 0 Å². The quantitative estimate of drug-likeness (QED) is 0.414. The Labute approximate surface area is 148 Å². The van der Waals surface area contributed by atoms with Crippen molar-refractivity contribution in [3.05, 3.63) is 11.8 Å². The summed E-state index contributed by atoms with van der Waals surface area (Å²) >= 11 is 0. The Balaban J connectivity index is 2.17. The summed E-state index contributed by atoms with van der Waals surface area (Å²) in [5.41, 5.74) is -3.47. The molecule has 1 unspecified atom stereocenters. The zero-order chi connectivity index (χ0) is 19.0. The van der Waals surface area contributed by atoms with Gasteiger partial charge in [-0.2, -0.15) is 0 Å². The molecule has 0 aromatic heterocycles. The summed E-state index contributed by atoms with van der Waals surface area (Å²) in [6.45, 7) is 10.8. The maximum absolute atomic E-state index is 14.6. The molecule has 0 aromatic rings. The van der Waals surface area contributed by atoms with Gasteiger partial charge in [0, 0.05) is 5.92 Å². The second-order valence-corrected chi connectivity index (χ2v) is 7.36. The molecule has 0 bridgehead atoms. The highest BCUT2D eigenvalue weighted by atomic mass is 19.1. The Kier molecular flexibility index (Phi) is 5.35. The summed E-state index contributed by atoms with van der Waals surface area (Å²) in [4.78, 5) is 24.5. The van der Waals surface area contributed by atoms with Gasteiger partial charge in [-0.15, -0.1) is 0 Å². The average Bonchev–Trinajstić information content (AvgIpc) is 3.16. The van der Waals surface area contributed by atoms with Crippen molar-refractivity contribution in [1.82, 2.24) is 0 Å². The molecule has 1 saturated carbocycles. The van der Waals surface area contributed by atoms with Crippen LogP contribution in [-0.4, -0.2) is 43.5 Å². The third-order valence-electron chi connectivity index (χ3n) is 5.13. The Morgan fingerprint density at radius 3 is 1.92 bits per heavy atom. The Morgan fingerprint density at radius 1 is 1.08 bits per heavy atom. The third-order valence-corrected chi connectivity index (χ3v) is 5.13. The molecule has 0 aromatic carbocycles. The predicted octanol–water partition coefficient (Wildman–Crippen LogP) is 2.60. The van der Waals surface area contributed by atoms with E-state index in [9.17, 15) is 14.0 Å². The number of carbonyl (C=O) groups excluding carboxylic acids is 2. The van der Waals surface area contributed by atoms with E-state index in [1.54, 1.807) is 13.8 Å². The SMILES string of the molecule is CCOC(=O)C1(C(=O)OCC)CC1C=C(F)B1OC(C)(C)C(C)(C)O1. The molecule has 2 rings (SSSR count). The van der Waals surface area contributed by atoms with E-state index in [1.165, 1.54) is 6.08 Å². The minimum atomic E-state index is -1.47. The van der Waals surface area contributed by atoms with Crippen molar-refractivity contribution in [2.24, 2.45) is 11.3 Å². The fourth-order valence-electron chi connectivity index (χ4n) is 2.79. The van der Waals surface area contributed by atoms with Crippen molar-refractivity contribution in [1.29, 1.82) is 0 Å². The second-order valence-electron chi connectivity index (χ2n) is 7.36. The van der Waals surface area contributed by atoms with Crippen molar-refractivity contribution < 1.29 is 32.8 Å². The van der Waals surface area contributed by atoms with E-state index >= 15 is 0 Å². The molecule has 0 N–H and O–H groups in total. The smallest absolute Gasteiger partial charge is 0.465 e. The lowest BCUT2D eigenvalue weighted by Crippen LogP contribution is -2.41. The van der Waals surface area contributed by atoms with Crippen LogP contribution in [0.25, 0.3) is 0 Å². The van der Waals surface area contributed by atoms with Crippen molar-refractivity contribution >= 4 is 19.1 Å². The number of rotatable bonds is 6. The van der Waals surface area contributed by atoms with E-state index < -0.39 is 47.3 Å². The fraction of sp³-hybridized carbons (Fsp3) is 0.765. The topological polar surface area (TPSA) is 71.1 Å². The molecular formula is C17H26BFO6. The fourth-order valence-corrected chi connectivity index (χ4v) is 2.79. The van der Waals surface area contributed by atoms with Crippen LogP contribution >= 0.6 is 0 Å². The largest absolute Gasteiger partial charge is 0.524 e. The molecule has 140 valence electrons. The van der Waals surface area contributed by atoms with Crippen LogP contribution < -0.4 is 0 Å². The maximum atomic E-state index is 14.6. The first-order valence-corrected chi connectivity index (χ1v) is 8.59. The number of halogens is 1. The zero-order valence-electron chi connectivity index (χ0n) is 15.7. The first-order valence-electron chi connectivity index (χ1n) is 8.59. The number of esters is 2. The molecule has 1 aliphatic heterocycles. The van der Waals surface area contributed by atoms with E-state index in [-0.39, 0.29) is 19.6 Å². The molecule has 2 fully saturated rings. The molecule has 8 heteroatoms. The van der Waals surface area contributed by atoms with Gasteiger partial charge in [0.1, 0.15) is 5.73 Å². The van der Waals surface area contributed by atoms with Crippen molar-refractivity contribution in [2.75, 3.05) is 13.2 Å². The van der Waals surface area contributed by atoms with Crippen LogP contribution in [0.4, 0.5) is 4.39 Å². The van der Waals surface area contributed by atoms with Gasteiger partial charge in [0.25, 0.3) is 0 Å². The molecule has 6 nitrogen and oxygen atoms in total. The zero-order valence-corrected chi connectivity index (χ0v) is 15.7. The number of hydrogen-bond acceptors (Lipinski definition) is 6. The summed E-state index contributed by atoms with van der Waals surface area (Å²) in [6, 6.07) is 0. The summed E-state index contributed by atoms with van der Waals surface area (Å²) in [7, 11) is -1.16. The molecule has 2 aliphatic rings. The maximum Gasteiger partial charge on any atom is 0.524 e. The highest BCUT2D eigenvalue weighted by Gasteiger charge is 2.68. The summed E-state index contributed by atoms with van der Waals surface area (Å²) in [6.07, 6.45) is 1.37. The molecule has 1 aliphatic carbocycles. The van der Waals surface area contributed by atoms with Gasteiger partial charge < -0.3 is 18.8 Å². The average molecular weight is 356 g/mol. The lowest BCUT2D eigenvalue weighted by atomic mass is 9.86.